The molecule has 5 heteroatoms. The van der Waals surface area contributed by atoms with Gasteiger partial charge in [0.05, 0.1) is 19.3 Å². The Morgan fingerprint density at radius 2 is 2.24 bits per heavy atom. The predicted molar refractivity (Wildman–Crippen MR) is 84.4 cm³/mol. The Kier molecular flexibility index (Phi) is 6.15. The van der Waals surface area contributed by atoms with Crippen LogP contribution in [-0.4, -0.2) is 32.5 Å². The summed E-state index contributed by atoms with van der Waals surface area (Å²) in [4.78, 5) is 0. The van der Waals surface area contributed by atoms with Gasteiger partial charge in [-0.25, -0.2) is 0 Å². The van der Waals surface area contributed by atoms with E-state index in [-0.39, 0.29) is 6.10 Å². The number of benzene rings is 1. The standard InChI is InChI=1S/C16H24ClNO3/c1-11(2)21-16-12(7-13(17)8-15(16)19-3)9-18-10-14-5-4-6-20-14/h7-8,11,14,18H,4-6,9-10H2,1-3H3/t14-/m0/s1. The molecule has 1 atom stereocenters. The van der Waals surface area contributed by atoms with Crippen LogP contribution in [0.4, 0.5) is 0 Å². The summed E-state index contributed by atoms with van der Waals surface area (Å²) >= 11 is 6.16. The minimum absolute atomic E-state index is 0.0805. The maximum Gasteiger partial charge on any atom is 0.166 e. The molecule has 1 aromatic carbocycles. The van der Waals surface area contributed by atoms with Gasteiger partial charge in [0.2, 0.25) is 0 Å². The molecule has 1 aliphatic heterocycles. The first kappa shape index (κ1) is 16.4. The lowest BCUT2D eigenvalue weighted by Gasteiger charge is -2.19. The first-order valence-corrected chi connectivity index (χ1v) is 7.83. The van der Waals surface area contributed by atoms with Gasteiger partial charge < -0.3 is 19.5 Å². The summed E-state index contributed by atoms with van der Waals surface area (Å²) in [7, 11) is 1.63. The van der Waals surface area contributed by atoms with Gasteiger partial charge in [-0.1, -0.05) is 11.6 Å². The zero-order chi connectivity index (χ0) is 15.2. The van der Waals surface area contributed by atoms with Crippen LogP contribution in [0, 0.1) is 0 Å². The van der Waals surface area contributed by atoms with E-state index in [0.717, 1.165) is 37.3 Å². The van der Waals surface area contributed by atoms with Crippen molar-refractivity contribution in [2.24, 2.45) is 0 Å². The Balaban J connectivity index is 2.06. The van der Waals surface area contributed by atoms with E-state index in [4.69, 9.17) is 25.8 Å². The third kappa shape index (κ3) is 4.77. The van der Waals surface area contributed by atoms with Crippen LogP contribution in [0.1, 0.15) is 32.3 Å². The summed E-state index contributed by atoms with van der Waals surface area (Å²) < 4.78 is 16.9. The molecule has 0 aliphatic carbocycles. The molecule has 21 heavy (non-hydrogen) atoms. The Hall–Kier alpha value is -0.970. The lowest BCUT2D eigenvalue weighted by Crippen LogP contribution is -2.26. The fourth-order valence-corrected chi connectivity index (χ4v) is 2.68. The van der Waals surface area contributed by atoms with Crippen molar-refractivity contribution in [2.75, 3.05) is 20.3 Å². The molecule has 1 saturated heterocycles. The van der Waals surface area contributed by atoms with E-state index in [1.54, 1.807) is 13.2 Å². The number of methoxy groups -OCH3 is 1. The Bertz CT molecular complexity index is 459. The second-order valence-electron chi connectivity index (χ2n) is 5.53. The molecule has 0 saturated carbocycles. The van der Waals surface area contributed by atoms with Crippen LogP contribution in [0.15, 0.2) is 12.1 Å². The lowest BCUT2D eigenvalue weighted by atomic mass is 10.1. The highest BCUT2D eigenvalue weighted by Crippen LogP contribution is 2.35. The van der Waals surface area contributed by atoms with E-state index in [2.05, 4.69) is 5.32 Å². The third-order valence-corrected chi connectivity index (χ3v) is 3.60. The number of nitrogens with one attached hydrogen (secondary N) is 1. The van der Waals surface area contributed by atoms with Gasteiger partial charge in [0, 0.05) is 36.3 Å². The van der Waals surface area contributed by atoms with Gasteiger partial charge >= 0.3 is 0 Å². The summed E-state index contributed by atoms with van der Waals surface area (Å²) in [5, 5.41) is 4.07. The van der Waals surface area contributed by atoms with Crippen molar-refractivity contribution in [1.82, 2.24) is 5.32 Å². The molecule has 0 amide bonds. The van der Waals surface area contributed by atoms with Crippen LogP contribution in [0.25, 0.3) is 0 Å². The van der Waals surface area contributed by atoms with Crippen LogP contribution in [0.2, 0.25) is 5.02 Å². The molecule has 1 aliphatic rings. The van der Waals surface area contributed by atoms with Crippen LogP contribution >= 0.6 is 11.6 Å². The van der Waals surface area contributed by atoms with Crippen LogP contribution in [0.3, 0.4) is 0 Å². The normalized spacial score (nSPS) is 18.2. The van der Waals surface area contributed by atoms with Crippen LogP contribution in [-0.2, 0) is 11.3 Å². The molecule has 0 bridgehead atoms. The maximum atomic E-state index is 6.16. The molecular weight excluding hydrogens is 290 g/mol. The van der Waals surface area contributed by atoms with Crippen molar-refractivity contribution in [1.29, 1.82) is 0 Å². The fourth-order valence-electron chi connectivity index (χ4n) is 2.45. The van der Waals surface area contributed by atoms with E-state index in [1.165, 1.54) is 0 Å². The predicted octanol–water partition coefficient (Wildman–Crippen LogP) is 3.40. The zero-order valence-electron chi connectivity index (χ0n) is 12.9. The molecule has 0 aromatic heterocycles. The second-order valence-corrected chi connectivity index (χ2v) is 5.97. The molecule has 0 unspecified atom stereocenters. The highest BCUT2D eigenvalue weighted by Gasteiger charge is 2.17. The van der Waals surface area contributed by atoms with Gasteiger partial charge in [0.1, 0.15) is 0 Å². The number of hydrogen-bond acceptors (Lipinski definition) is 4. The number of ether oxygens (including phenoxy) is 3. The zero-order valence-corrected chi connectivity index (χ0v) is 13.7. The first-order chi connectivity index (χ1) is 10.1. The van der Waals surface area contributed by atoms with Crippen molar-refractivity contribution in [3.05, 3.63) is 22.7 Å². The first-order valence-electron chi connectivity index (χ1n) is 7.45. The van der Waals surface area contributed by atoms with Crippen LogP contribution in [0.5, 0.6) is 11.5 Å². The molecule has 2 rings (SSSR count). The minimum atomic E-state index is 0.0805. The van der Waals surface area contributed by atoms with E-state index in [0.29, 0.717) is 23.4 Å². The highest BCUT2D eigenvalue weighted by molar-refractivity contribution is 6.30. The van der Waals surface area contributed by atoms with Crippen molar-refractivity contribution < 1.29 is 14.2 Å². The molecule has 118 valence electrons. The molecule has 1 heterocycles. The highest BCUT2D eigenvalue weighted by atomic mass is 35.5. The maximum absolute atomic E-state index is 6.16. The average molecular weight is 314 g/mol. The second kappa shape index (κ2) is 7.87. The fraction of sp³-hybridized carbons (Fsp3) is 0.625. The van der Waals surface area contributed by atoms with Crippen LogP contribution < -0.4 is 14.8 Å². The quantitative estimate of drug-likeness (QED) is 0.837. The largest absolute Gasteiger partial charge is 0.493 e. The van der Waals surface area contributed by atoms with Gasteiger partial charge in [-0.05, 0) is 32.8 Å². The Labute approximate surface area is 131 Å². The molecule has 0 spiro atoms. The van der Waals surface area contributed by atoms with Gasteiger partial charge in [-0.15, -0.1) is 0 Å². The van der Waals surface area contributed by atoms with Crippen molar-refractivity contribution in [3.8, 4) is 11.5 Å². The molecule has 1 fully saturated rings. The number of halogens is 1. The summed E-state index contributed by atoms with van der Waals surface area (Å²) in [6, 6.07) is 3.70. The lowest BCUT2D eigenvalue weighted by molar-refractivity contribution is 0.110. The summed E-state index contributed by atoms with van der Waals surface area (Å²) in [6.07, 6.45) is 2.68. The average Bonchev–Trinajstić information content (AvgIpc) is 2.94. The SMILES string of the molecule is COc1cc(Cl)cc(CNC[C@@H]2CCCO2)c1OC(C)C. The summed E-state index contributed by atoms with van der Waals surface area (Å²) in [5.74, 6) is 1.43. The minimum Gasteiger partial charge on any atom is -0.493 e. The van der Waals surface area contributed by atoms with Gasteiger partial charge in [0.25, 0.3) is 0 Å². The van der Waals surface area contributed by atoms with E-state index >= 15 is 0 Å². The van der Waals surface area contributed by atoms with E-state index in [9.17, 15) is 0 Å². The van der Waals surface area contributed by atoms with E-state index in [1.807, 2.05) is 19.9 Å². The van der Waals surface area contributed by atoms with Crippen molar-refractivity contribution >= 4 is 11.6 Å². The third-order valence-electron chi connectivity index (χ3n) is 3.38. The molecule has 1 N–H and O–H groups in total. The van der Waals surface area contributed by atoms with Crippen molar-refractivity contribution in [3.63, 3.8) is 0 Å². The molecule has 1 aromatic rings. The molecule has 0 radical (unpaired) electrons. The molecular formula is C16H24ClNO3. The topological polar surface area (TPSA) is 39.7 Å². The van der Waals surface area contributed by atoms with Gasteiger partial charge in [0.15, 0.2) is 11.5 Å². The van der Waals surface area contributed by atoms with Gasteiger partial charge in [-0.3, -0.25) is 0 Å². The molecule has 4 nitrogen and oxygen atoms in total. The van der Waals surface area contributed by atoms with Crippen molar-refractivity contribution in [2.45, 2.75) is 45.4 Å². The van der Waals surface area contributed by atoms with E-state index < -0.39 is 0 Å². The number of hydrogen-bond donors (Lipinski definition) is 1. The van der Waals surface area contributed by atoms with Gasteiger partial charge in [-0.2, -0.15) is 0 Å². The Morgan fingerprint density at radius 1 is 1.43 bits per heavy atom. The smallest absolute Gasteiger partial charge is 0.166 e. The monoisotopic (exact) mass is 313 g/mol. The Morgan fingerprint density at radius 3 is 2.86 bits per heavy atom. The summed E-state index contributed by atoms with van der Waals surface area (Å²) in [5.41, 5.74) is 1.01. The number of rotatable bonds is 7. The summed E-state index contributed by atoms with van der Waals surface area (Å²) in [6.45, 7) is 6.39.